The van der Waals surface area contributed by atoms with Crippen LogP contribution in [0.4, 0.5) is 13.2 Å². The minimum absolute atomic E-state index is 0.260. The third-order valence-electron chi connectivity index (χ3n) is 3.56. The van der Waals surface area contributed by atoms with Gasteiger partial charge in [0.05, 0.1) is 5.56 Å². The summed E-state index contributed by atoms with van der Waals surface area (Å²) >= 11 is 0. The van der Waals surface area contributed by atoms with Crippen LogP contribution in [0.2, 0.25) is 0 Å². The van der Waals surface area contributed by atoms with Crippen molar-refractivity contribution in [3.05, 3.63) is 29.6 Å². The predicted octanol–water partition coefficient (Wildman–Crippen LogP) is 2.24. The molecule has 1 aromatic rings. The molecule has 2 heterocycles. The van der Waals surface area contributed by atoms with Crippen LogP contribution in [0.15, 0.2) is 18.3 Å². The molecule has 0 spiro atoms. The van der Waals surface area contributed by atoms with Gasteiger partial charge in [-0.1, -0.05) is 0 Å². The van der Waals surface area contributed by atoms with Crippen LogP contribution in [0.3, 0.4) is 0 Å². The smallest absolute Gasteiger partial charge is 0.329 e. The van der Waals surface area contributed by atoms with E-state index in [-0.39, 0.29) is 5.92 Å². The molecule has 1 fully saturated rings. The molecule has 3 nitrogen and oxygen atoms in total. The number of aromatic nitrogens is 1. The summed E-state index contributed by atoms with van der Waals surface area (Å²) in [7, 11) is 0. The molecule has 0 atom stereocenters. The normalized spacial score (nSPS) is 18.7. The third-order valence-corrected chi connectivity index (χ3v) is 3.56. The lowest BCUT2D eigenvalue weighted by atomic mass is 9.93. The Labute approximate surface area is 110 Å². The van der Waals surface area contributed by atoms with Crippen molar-refractivity contribution in [2.24, 2.45) is 5.73 Å². The number of nitrogens with zero attached hydrogens (tertiary/aromatic N) is 2. The number of alkyl halides is 3. The van der Waals surface area contributed by atoms with Gasteiger partial charge in [-0.3, -0.25) is 4.98 Å². The monoisotopic (exact) mass is 273 g/mol. The van der Waals surface area contributed by atoms with Gasteiger partial charge in [0.1, 0.15) is 0 Å². The first-order valence-electron chi connectivity index (χ1n) is 6.46. The van der Waals surface area contributed by atoms with Crippen LogP contribution in [0.5, 0.6) is 0 Å². The highest BCUT2D eigenvalue weighted by molar-refractivity contribution is 5.19. The largest absolute Gasteiger partial charge is 0.417 e. The van der Waals surface area contributed by atoms with Gasteiger partial charge in [0.2, 0.25) is 0 Å². The van der Waals surface area contributed by atoms with Gasteiger partial charge in [-0.25, -0.2) is 0 Å². The van der Waals surface area contributed by atoms with E-state index in [0.29, 0.717) is 6.54 Å². The average molecular weight is 273 g/mol. The molecule has 2 N–H and O–H groups in total. The highest BCUT2D eigenvalue weighted by Crippen LogP contribution is 2.31. The topological polar surface area (TPSA) is 42.1 Å². The SMILES string of the molecule is NCCN1CCC(c2ccc(C(F)(F)F)cn2)CC1. The number of nitrogens with two attached hydrogens (primary N) is 1. The second kappa shape index (κ2) is 5.88. The minimum Gasteiger partial charge on any atom is -0.329 e. The highest BCUT2D eigenvalue weighted by Gasteiger charge is 2.31. The number of rotatable bonds is 3. The van der Waals surface area contributed by atoms with Crippen molar-refractivity contribution in [3.63, 3.8) is 0 Å². The Kier molecular flexibility index (Phi) is 4.42. The standard InChI is InChI=1S/C13H18F3N3/c14-13(15,16)11-1-2-12(18-9-11)10-3-6-19(7-4-10)8-5-17/h1-2,9-10H,3-8,17H2. The maximum atomic E-state index is 12.4. The molecule has 0 saturated carbocycles. The lowest BCUT2D eigenvalue weighted by Crippen LogP contribution is -2.36. The molecule has 0 bridgehead atoms. The van der Waals surface area contributed by atoms with Crippen LogP contribution >= 0.6 is 0 Å². The highest BCUT2D eigenvalue weighted by atomic mass is 19.4. The number of piperidine rings is 1. The van der Waals surface area contributed by atoms with Crippen LogP contribution in [0.1, 0.15) is 30.0 Å². The van der Waals surface area contributed by atoms with Gasteiger partial charge in [-0.05, 0) is 38.1 Å². The summed E-state index contributed by atoms with van der Waals surface area (Å²) in [5.74, 6) is 0.260. The van der Waals surface area contributed by atoms with E-state index in [0.717, 1.165) is 50.4 Å². The van der Waals surface area contributed by atoms with Crippen molar-refractivity contribution >= 4 is 0 Å². The molecule has 1 aliphatic rings. The quantitative estimate of drug-likeness (QED) is 0.918. The van der Waals surface area contributed by atoms with Crippen LogP contribution in [-0.4, -0.2) is 36.1 Å². The van der Waals surface area contributed by atoms with Crippen LogP contribution < -0.4 is 5.73 Å². The lowest BCUT2D eigenvalue weighted by Gasteiger charge is -2.31. The zero-order chi connectivity index (χ0) is 13.9. The van der Waals surface area contributed by atoms with E-state index in [4.69, 9.17) is 5.73 Å². The molecule has 6 heteroatoms. The first-order chi connectivity index (χ1) is 9.00. The lowest BCUT2D eigenvalue weighted by molar-refractivity contribution is -0.137. The van der Waals surface area contributed by atoms with E-state index in [1.807, 2.05) is 0 Å². The molecule has 1 saturated heterocycles. The van der Waals surface area contributed by atoms with Gasteiger partial charge in [-0.2, -0.15) is 13.2 Å². The van der Waals surface area contributed by atoms with Crippen LogP contribution in [0, 0.1) is 0 Å². The average Bonchev–Trinajstić information content (AvgIpc) is 2.39. The predicted molar refractivity (Wildman–Crippen MR) is 66.7 cm³/mol. The summed E-state index contributed by atoms with van der Waals surface area (Å²) in [5.41, 5.74) is 5.58. The van der Waals surface area contributed by atoms with Gasteiger partial charge in [-0.15, -0.1) is 0 Å². The fourth-order valence-corrected chi connectivity index (χ4v) is 2.45. The van der Waals surface area contributed by atoms with E-state index in [9.17, 15) is 13.2 Å². The van der Waals surface area contributed by atoms with E-state index < -0.39 is 11.7 Å². The molecular formula is C13H18F3N3. The second-order valence-electron chi connectivity index (χ2n) is 4.87. The van der Waals surface area contributed by atoms with Crippen LogP contribution in [-0.2, 0) is 6.18 Å². The Morgan fingerprint density at radius 3 is 2.42 bits per heavy atom. The van der Waals surface area contributed by atoms with Gasteiger partial charge in [0.25, 0.3) is 0 Å². The molecule has 19 heavy (non-hydrogen) atoms. The maximum absolute atomic E-state index is 12.4. The number of likely N-dealkylation sites (tertiary alicyclic amines) is 1. The van der Waals surface area contributed by atoms with E-state index in [1.54, 1.807) is 0 Å². The number of hydrogen-bond donors (Lipinski definition) is 1. The Balaban J connectivity index is 1.97. The first kappa shape index (κ1) is 14.3. The summed E-state index contributed by atoms with van der Waals surface area (Å²) in [6.45, 7) is 3.39. The van der Waals surface area contributed by atoms with Gasteiger partial charge in [0, 0.05) is 30.9 Å². The number of pyridine rings is 1. The molecule has 0 unspecified atom stereocenters. The number of halogens is 3. The second-order valence-corrected chi connectivity index (χ2v) is 4.87. The molecule has 0 radical (unpaired) electrons. The summed E-state index contributed by atoms with van der Waals surface area (Å²) in [6, 6.07) is 2.63. The molecule has 0 aromatic carbocycles. The van der Waals surface area contributed by atoms with Gasteiger partial charge in [0.15, 0.2) is 0 Å². The molecular weight excluding hydrogens is 255 g/mol. The maximum Gasteiger partial charge on any atom is 0.417 e. The van der Waals surface area contributed by atoms with Crippen molar-refractivity contribution in [2.45, 2.75) is 24.9 Å². The summed E-state index contributed by atoms with van der Waals surface area (Å²) in [6.07, 6.45) is -1.52. The Morgan fingerprint density at radius 1 is 1.26 bits per heavy atom. The molecule has 1 aromatic heterocycles. The Bertz CT molecular complexity index is 395. The molecule has 1 aliphatic heterocycles. The third kappa shape index (κ3) is 3.67. The minimum atomic E-state index is -4.31. The van der Waals surface area contributed by atoms with Crippen LogP contribution in [0.25, 0.3) is 0 Å². The molecule has 2 rings (SSSR count). The molecule has 0 aliphatic carbocycles. The fourth-order valence-electron chi connectivity index (χ4n) is 2.45. The van der Waals surface area contributed by atoms with Crippen molar-refractivity contribution in [2.75, 3.05) is 26.2 Å². The summed E-state index contributed by atoms with van der Waals surface area (Å²) in [4.78, 5) is 6.25. The van der Waals surface area contributed by atoms with Crippen molar-refractivity contribution in [3.8, 4) is 0 Å². The summed E-state index contributed by atoms with van der Waals surface area (Å²) < 4.78 is 37.3. The Morgan fingerprint density at radius 2 is 1.95 bits per heavy atom. The Hall–Kier alpha value is -1.14. The van der Waals surface area contributed by atoms with Crippen molar-refractivity contribution in [1.82, 2.24) is 9.88 Å². The van der Waals surface area contributed by atoms with Crippen molar-refractivity contribution < 1.29 is 13.2 Å². The van der Waals surface area contributed by atoms with Gasteiger partial charge < -0.3 is 10.6 Å². The summed E-state index contributed by atoms with van der Waals surface area (Å²) in [5, 5.41) is 0. The zero-order valence-electron chi connectivity index (χ0n) is 10.7. The van der Waals surface area contributed by atoms with E-state index in [2.05, 4.69) is 9.88 Å². The first-order valence-corrected chi connectivity index (χ1v) is 6.46. The fraction of sp³-hybridized carbons (Fsp3) is 0.615. The van der Waals surface area contributed by atoms with Crippen molar-refractivity contribution in [1.29, 1.82) is 0 Å². The zero-order valence-corrected chi connectivity index (χ0v) is 10.7. The molecule has 106 valence electrons. The number of hydrogen-bond acceptors (Lipinski definition) is 3. The van der Waals surface area contributed by atoms with E-state index >= 15 is 0 Å². The van der Waals surface area contributed by atoms with E-state index in [1.165, 1.54) is 6.07 Å². The molecule has 0 amide bonds. The van der Waals surface area contributed by atoms with Gasteiger partial charge >= 0.3 is 6.18 Å².